The van der Waals surface area contributed by atoms with Gasteiger partial charge in [-0.2, -0.15) is 0 Å². The molecule has 0 N–H and O–H groups in total. The van der Waals surface area contributed by atoms with Gasteiger partial charge in [-0.3, -0.25) is 0 Å². The van der Waals surface area contributed by atoms with Crippen LogP contribution in [0.3, 0.4) is 0 Å². The van der Waals surface area contributed by atoms with E-state index in [1.54, 1.807) is 0 Å². The van der Waals surface area contributed by atoms with Gasteiger partial charge in [-0.05, 0) is 88.3 Å². The van der Waals surface area contributed by atoms with Crippen LogP contribution in [-0.4, -0.2) is 19.9 Å². The maximum Gasteiger partial charge on any atom is 0.164 e. The average Bonchev–Trinajstić information content (AvgIpc) is 3.21. The highest BCUT2D eigenvalue weighted by Crippen LogP contribution is 2.41. The third-order valence-corrected chi connectivity index (χ3v) is 9.80. The first-order chi connectivity index (χ1) is 25.6. The van der Waals surface area contributed by atoms with Crippen molar-refractivity contribution in [2.24, 2.45) is 0 Å². The Kier molecular flexibility index (Phi) is 7.90. The van der Waals surface area contributed by atoms with Gasteiger partial charge < -0.3 is 0 Å². The maximum atomic E-state index is 5.24. The van der Waals surface area contributed by atoms with Gasteiger partial charge in [0.2, 0.25) is 0 Å². The fraction of sp³-hybridized carbons (Fsp3) is 0.0417. The highest BCUT2D eigenvalue weighted by atomic mass is 15.0. The number of para-hydroxylation sites is 1. The fourth-order valence-corrected chi connectivity index (χ4v) is 7.15. The van der Waals surface area contributed by atoms with Gasteiger partial charge in [0.1, 0.15) is 0 Å². The second-order valence-electron chi connectivity index (χ2n) is 13.2. The van der Waals surface area contributed by atoms with E-state index in [4.69, 9.17) is 19.9 Å². The molecule has 0 radical (unpaired) electrons. The van der Waals surface area contributed by atoms with Crippen molar-refractivity contribution in [3.8, 4) is 67.7 Å². The smallest absolute Gasteiger partial charge is 0.164 e. The second-order valence-corrected chi connectivity index (χ2v) is 13.2. The molecule has 0 bridgehead atoms. The van der Waals surface area contributed by atoms with E-state index in [9.17, 15) is 0 Å². The Labute approximate surface area is 303 Å². The molecule has 4 nitrogen and oxygen atoms in total. The van der Waals surface area contributed by atoms with Gasteiger partial charge in [-0.15, -0.1) is 0 Å². The lowest BCUT2D eigenvalue weighted by Crippen LogP contribution is -2.01. The molecule has 4 heteroatoms. The Bertz CT molecular complexity index is 2700. The molecule has 0 aliphatic carbocycles. The van der Waals surface area contributed by atoms with E-state index in [0.717, 1.165) is 66.7 Å². The summed E-state index contributed by atoms with van der Waals surface area (Å²) in [4.78, 5) is 20.5. The van der Waals surface area contributed by atoms with Crippen LogP contribution in [0.15, 0.2) is 170 Å². The molecule has 0 saturated carbocycles. The van der Waals surface area contributed by atoms with Crippen LogP contribution in [0, 0.1) is 13.8 Å². The Hall–Kier alpha value is -6.78. The molecule has 0 amide bonds. The minimum atomic E-state index is 0.617. The van der Waals surface area contributed by atoms with Gasteiger partial charge in [-0.1, -0.05) is 140 Å². The topological polar surface area (TPSA) is 51.6 Å². The number of hydrogen-bond acceptors (Lipinski definition) is 4. The van der Waals surface area contributed by atoms with Crippen LogP contribution in [0.5, 0.6) is 0 Å². The van der Waals surface area contributed by atoms with Gasteiger partial charge in [0.25, 0.3) is 0 Å². The van der Waals surface area contributed by atoms with Gasteiger partial charge in [0.15, 0.2) is 17.5 Å². The fourth-order valence-electron chi connectivity index (χ4n) is 7.15. The number of aryl methyl sites for hydroxylation is 1. The number of hydrogen-bond donors (Lipinski definition) is 0. The number of pyridine rings is 1. The van der Waals surface area contributed by atoms with Gasteiger partial charge in [0, 0.05) is 27.6 Å². The van der Waals surface area contributed by atoms with Crippen molar-refractivity contribution >= 4 is 21.7 Å². The quantitative estimate of drug-likeness (QED) is 0.177. The van der Waals surface area contributed by atoms with Gasteiger partial charge >= 0.3 is 0 Å². The summed E-state index contributed by atoms with van der Waals surface area (Å²) in [5.74, 6) is 1.88. The molecule has 9 rings (SSSR count). The molecule has 0 saturated heterocycles. The third kappa shape index (κ3) is 5.80. The Morgan fingerprint density at radius 1 is 0.365 bits per heavy atom. The van der Waals surface area contributed by atoms with E-state index < -0.39 is 0 Å². The maximum absolute atomic E-state index is 5.24. The first-order valence-corrected chi connectivity index (χ1v) is 17.6. The van der Waals surface area contributed by atoms with Crippen molar-refractivity contribution in [3.63, 3.8) is 0 Å². The minimum Gasteiger partial charge on any atom is -0.247 e. The number of fused-ring (bicyclic) bond motifs is 2. The number of aromatic nitrogens is 4. The normalized spacial score (nSPS) is 11.3. The molecule has 0 unspecified atom stereocenters. The molecule has 2 heterocycles. The predicted molar refractivity (Wildman–Crippen MR) is 215 cm³/mol. The molecule has 0 aliphatic heterocycles. The summed E-state index contributed by atoms with van der Waals surface area (Å²) < 4.78 is 0. The van der Waals surface area contributed by atoms with Crippen LogP contribution >= 0.6 is 0 Å². The van der Waals surface area contributed by atoms with Crippen LogP contribution in [0.1, 0.15) is 11.1 Å². The van der Waals surface area contributed by atoms with E-state index in [2.05, 4.69) is 123 Å². The molecule has 7 aromatic carbocycles. The molecular weight excluding hydrogens is 633 g/mol. The van der Waals surface area contributed by atoms with Crippen molar-refractivity contribution in [1.29, 1.82) is 0 Å². The summed E-state index contributed by atoms with van der Waals surface area (Å²) in [6, 6.07) is 59.1. The highest BCUT2D eigenvalue weighted by Gasteiger charge is 2.20. The lowest BCUT2D eigenvalue weighted by molar-refractivity contribution is 1.07. The Morgan fingerprint density at radius 3 is 1.63 bits per heavy atom. The van der Waals surface area contributed by atoms with Crippen molar-refractivity contribution in [2.45, 2.75) is 13.8 Å². The lowest BCUT2D eigenvalue weighted by atomic mass is 9.89. The van der Waals surface area contributed by atoms with Crippen LogP contribution in [0.2, 0.25) is 0 Å². The van der Waals surface area contributed by atoms with Crippen molar-refractivity contribution in [1.82, 2.24) is 19.9 Å². The SMILES string of the molecule is Cc1ccccc1-c1nc2ccccc2c(-c2cc(-c3ccc4ccccc4c3)cc(-c3nc(-c4ccccc4)nc(-c4ccccc4)n3)c2)c1C. The van der Waals surface area contributed by atoms with E-state index in [1.807, 2.05) is 60.7 Å². The molecule has 0 aliphatic rings. The van der Waals surface area contributed by atoms with E-state index in [1.165, 1.54) is 16.3 Å². The largest absolute Gasteiger partial charge is 0.247 e. The molecule has 9 aromatic rings. The Balaban J connectivity index is 1.34. The van der Waals surface area contributed by atoms with Crippen LogP contribution in [0.25, 0.3) is 89.4 Å². The molecule has 52 heavy (non-hydrogen) atoms. The van der Waals surface area contributed by atoms with Crippen LogP contribution < -0.4 is 0 Å². The molecule has 246 valence electrons. The zero-order valence-electron chi connectivity index (χ0n) is 29.0. The number of nitrogens with zero attached hydrogens (tertiary/aromatic N) is 4. The average molecular weight is 667 g/mol. The highest BCUT2D eigenvalue weighted by molar-refractivity contribution is 6.01. The molecule has 2 aromatic heterocycles. The molecule has 0 atom stereocenters. The van der Waals surface area contributed by atoms with Crippen molar-refractivity contribution < 1.29 is 0 Å². The first kappa shape index (κ1) is 31.2. The second kappa shape index (κ2) is 13.2. The van der Waals surface area contributed by atoms with E-state index >= 15 is 0 Å². The summed E-state index contributed by atoms with van der Waals surface area (Å²) in [7, 11) is 0. The minimum absolute atomic E-state index is 0.617. The number of rotatable bonds is 6. The molecular formula is C48H34N4. The summed E-state index contributed by atoms with van der Waals surface area (Å²) in [5.41, 5.74) is 12.6. The third-order valence-electron chi connectivity index (χ3n) is 9.80. The summed E-state index contributed by atoms with van der Waals surface area (Å²) in [5, 5.41) is 3.50. The van der Waals surface area contributed by atoms with E-state index in [0.29, 0.717) is 17.5 Å². The van der Waals surface area contributed by atoms with Gasteiger partial charge in [0.05, 0.1) is 11.2 Å². The van der Waals surface area contributed by atoms with Gasteiger partial charge in [-0.25, -0.2) is 19.9 Å². The zero-order chi connectivity index (χ0) is 35.0. The summed E-state index contributed by atoms with van der Waals surface area (Å²) in [6.07, 6.45) is 0. The number of benzene rings is 7. The van der Waals surface area contributed by atoms with Crippen LogP contribution in [0.4, 0.5) is 0 Å². The van der Waals surface area contributed by atoms with Crippen molar-refractivity contribution in [3.05, 3.63) is 181 Å². The zero-order valence-corrected chi connectivity index (χ0v) is 29.0. The monoisotopic (exact) mass is 666 g/mol. The van der Waals surface area contributed by atoms with Crippen molar-refractivity contribution in [2.75, 3.05) is 0 Å². The Morgan fingerprint density at radius 2 is 0.923 bits per heavy atom. The first-order valence-electron chi connectivity index (χ1n) is 17.6. The summed E-state index contributed by atoms with van der Waals surface area (Å²) in [6.45, 7) is 4.35. The molecule has 0 fully saturated rings. The standard InChI is InChI=1S/C48H34N4/c1-31-15-9-12-22-41(31)45-32(2)44(42-23-13-14-24-43(42)49-45)39-28-38(37-26-25-33-16-10-11-21-36(33)27-37)29-40(30-39)48-51-46(34-17-5-3-6-18-34)50-47(52-48)35-19-7-4-8-20-35/h3-30H,1-2H3. The predicted octanol–water partition coefficient (Wildman–Crippen LogP) is 12.2. The lowest BCUT2D eigenvalue weighted by Gasteiger charge is -2.18. The van der Waals surface area contributed by atoms with E-state index in [-0.39, 0.29) is 0 Å². The molecule has 0 spiro atoms. The van der Waals surface area contributed by atoms with Crippen LogP contribution in [-0.2, 0) is 0 Å². The summed E-state index contributed by atoms with van der Waals surface area (Å²) >= 11 is 0.